The lowest BCUT2D eigenvalue weighted by atomic mass is 9.79. The molecule has 1 aliphatic rings. The van der Waals surface area contributed by atoms with Crippen molar-refractivity contribution in [3.05, 3.63) is 29.8 Å². The molecule has 0 spiro atoms. The molecule has 0 heterocycles. The van der Waals surface area contributed by atoms with Crippen molar-refractivity contribution in [2.75, 3.05) is 0 Å². The minimum absolute atomic E-state index is 0. The van der Waals surface area contributed by atoms with Crippen molar-refractivity contribution >= 4 is 18.0 Å². The van der Waals surface area contributed by atoms with Crippen LogP contribution in [0.25, 0.3) is 6.08 Å². The average molecular weight is 372 g/mol. The lowest BCUT2D eigenvalue weighted by Gasteiger charge is -2.39. The van der Waals surface area contributed by atoms with Crippen molar-refractivity contribution in [2.45, 2.75) is 36.8 Å². The first kappa shape index (κ1) is 21.4. The Bertz CT molecular complexity index is 700. The van der Waals surface area contributed by atoms with E-state index < -0.39 is 48.7 Å². The quantitative estimate of drug-likeness (QED) is 0.207. The van der Waals surface area contributed by atoms with Gasteiger partial charge in [-0.3, -0.25) is 0 Å². The minimum Gasteiger partial charge on any atom is -0.504 e. The molecular formula is C16H20O10. The molecule has 1 saturated carbocycles. The number of carboxylic acid groups (broad SMARTS) is 1. The van der Waals surface area contributed by atoms with Crippen molar-refractivity contribution in [2.24, 2.45) is 0 Å². The third-order valence-electron chi connectivity index (χ3n) is 3.94. The first-order chi connectivity index (χ1) is 11.6. The van der Waals surface area contributed by atoms with E-state index in [4.69, 9.17) is 9.84 Å². The maximum Gasteiger partial charge on any atom is 0.335 e. The van der Waals surface area contributed by atoms with Gasteiger partial charge in [-0.15, -0.1) is 0 Å². The fraction of sp³-hybridized carbons (Fsp3) is 0.375. The van der Waals surface area contributed by atoms with Crippen LogP contribution in [0.4, 0.5) is 0 Å². The molecule has 0 amide bonds. The first-order valence-corrected chi connectivity index (χ1v) is 7.35. The van der Waals surface area contributed by atoms with Crippen LogP contribution in [-0.2, 0) is 14.3 Å². The van der Waals surface area contributed by atoms with E-state index in [2.05, 4.69) is 0 Å². The zero-order chi connectivity index (χ0) is 18.8. The summed E-state index contributed by atoms with van der Waals surface area (Å²) in [5, 5.41) is 57.0. The SMILES string of the molecule is O.O=C(C=Cc1ccc(O)c(O)c1)OC1C[C@](O)(C(=O)O)CC(O)C1O. The van der Waals surface area contributed by atoms with Crippen molar-refractivity contribution < 1.29 is 50.4 Å². The number of carbonyl (C=O) groups excluding carboxylic acids is 1. The number of aromatic hydroxyl groups is 2. The third kappa shape index (κ3) is 4.70. The topological polar surface area (TPSA) is 196 Å². The zero-order valence-electron chi connectivity index (χ0n) is 13.4. The van der Waals surface area contributed by atoms with Gasteiger partial charge in [0.25, 0.3) is 0 Å². The highest BCUT2D eigenvalue weighted by atomic mass is 16.6. The van der Waals surface area contributed by atoms with Gasteiger partial charge in [0.2, 0.25) is 0 Å². The Kier molecular flexibility index (Phi) is 6.70. The van der Waals surface area contributed by atoms with Gasteiger partial charge in [0.05, 0.1) is 6.10 Å². The molecule has 1 fully saturated rings. The standard InChI is InChI=1S/C16H18O9.H2O/c17-9-3-1-8(5-10(9)18)2-4-13(20)25-12-7-16(24,15(22)23)6-11(19)14(12)21;/h1-5,11-12,14,17-19,21,24H,6-7H2,(H,22,23);1H2/t11?,12?,14?,16-;/m0./s1. The van der Waals surface area contributed by atoms with E-state index in [1.807, 2.05) is 0 Å². The summed E-state index contributed by atoms with van der Waals surface area (Å²) in [5.74, 6) is -3.24. The van der Waals surface area contributed by atoms with Gasteiger partial charge in [-0.2, -0.15) is 0 Å². The number of aliphatic hydroxyl groups is 3. The second-order valence-corrected chi connectivity index (χ2v) is 5.86. The fourth-order valence-corrected chi connectivity index (χ4v) is 2.53. The summed E-state index contributed by atoms with van der Waals surface area (Å²) in [7, 11) is 0. The van der Waals surface area contributed by atoms with Gasteiger partial charge in [-0.1, -0.05) is 6.07 Å². The van der Waals surface area contributed by atoms with E-state index in [1.165, 1.54) is 24.3 Å². The van der Waals surface area contributed by atoms with Crippen LogP contribution in [0, 0.1) is 0 Å². The van der Waals surface area contributed by atoms with Crippen LogP contribution < -0.4 is 0 Å². The number of phenolic OH excluding ortho intramolecular Hbond substituents is 2. The Morgan fingerprint density at radius 1 is 1.15 bits per heavy atom. The van der Waals surface area contributed by atoms with Crippen molar-refractivity contribution in [1.82, 2.24) is 0 Å². The number of rotatable bonds is 4. The summed E-state index contributed by atoms with van der Waals surface area (Å²) in [4.78, 5) is 22.9. The molecular weight excluding hydrogens is 352 g/mol. The van der Waals surface area contributed by atoms with Gasteiger partial charge in [-0.05, 0) is 23.8 Å². The number of hydrogen-bond donors (Lipinski definition) is 6. The summed E-state index contributed by atoms with van der Waals surface area (Å²) in [6, 6.07) is 3.83. The molecule has 3 unspecified atom stereocenters. The van der Waals surface area contributed by atoms with E-state index in [1.54, 1.807) is 0 Å². The van der Waals surface area contributed by atoms with Gasteiger partial charge in [0, 0.05) is 18.9 Å². The van der Waals surface area contributed by atoms with Crippen LogP contribution in [0.5, 0.6) is 11.5 Å². The summed E-state index contributed by atoms with van der Waals surface area (Å²) in [6.45, 7) is 0. The van der Waals surface area contributed by atoms with E-state index in [0.717, 1.165) is 6.08 Å². The largest absolute Gasteiger partial charge is 0.504 e. The number of benzene rings is 1. The van der Waals surface area contributed by atoms with Crippen LogP contribution in [0.2, 0.25) is 0 Å². The molecule has 0 saturated heterocycles. The number of hydrogen-bond acceptors (Lipinski definition) is 8. The van der Waals surface area contributed by atoms with Gasteiger partial charge in [-0.25, -0.2) is 9.59 Å². The minimum atomic E-state index is -2.31. The predicted octanol–water partition coefficient (Wildman–Crippen LogP) is -1.47. The Labute approximate surface area is 147 Å². The average Bonchev–Trinajstić information content (AvgIpc) is 2.53. The van der Waals surface area contributed by atoms with Crippen LogP contribution in [-0.4, -0.2) is 72.0 Å². The van der Waals surface area contributed by atoms with E-state index in [-0.39, 0.29) is 17.0 Å². The van der Waals surface area contributed by atoms with Crippen LogP contribution in [0.3, 0.4) is 0 Å². The van der Waals surface area contributed by atoms with Crippen LogP contribution >= 0.6 is 0 Å². The van der Waals surface area contributed by atoms with E-state index >= 15 is 0 Å². The lowest BCUT2D eigenvalue weighted by Crippen LogP contribution is -2.57. The molecule has 8 N–H and O–H groups in total. The molecule has 4 atom stereocenters. The van der Waals surface area contributed by atoms with Gasteiger partial charge in [0.15, 0.2) is 17.1 Å². The Hall–Kier alpha value is -2.66. The highest BCUT2D eigenvalue weighted by molar-refractivity contribution is 5.87. The number of phenols is 2. The normalized spacial score (nSPS) is 28.3. The summed E-state index contributed by atoms with van der Waals surface area (Å²) in [5.41, 5.74) is -1.94. The monoisotopic (exact) mass is 372 g/mol. The number of carboxylic acids is 1. The van der Waals surface area contributed by atoms with Crippen molar-refractivity contribution in [1.29, 1.82) is 0 Å². The molecule has 0 aromatic heterocycles. The maximum atomic E-state index is 11.8. The summed E-state index contributed by atoms with van der Waals surface area (Å²) < 4.78 is 4.92. The second-order valence-electron chi connectivity index (χ2n) is 5.86. The Balaban J connectivity index is 0.00000338. The Morgan fingerprint density at radius 3 is 2.38 bits per heavy atom. The third-order valence-corrected chi connectivity index (χ3v) is 3.94. The molecule has 26 heavy (non-hydrogen) atoms. The summed E-state index contributed by atoms with van der Waals surface area (Å²) >= 11 is 0. The number of aliphatic hydroxyl groups excluding tert-OH is 2. The Morgan fingerprint density at radius 2 is 1.81 bits per heavy atom. The molecule has 0 bridgehead atoms. The van der Waals surface area contributed by atoms with E-state index in [0.29, 0.717) is 5.56 Å². The fourth-order valence-electron chi connectivity index (χ4n) is 2.53. The number of ether oxygens (including phenoxy) is 1. The summed E-state index contributed by atoms with van der Waals surface area (Å²) in [6.07, 6.45) is -3.44. The number of esters is 1. The van der Waals surface area contributed by atoms with Gasteiger partial charge in [0.1, 0.15) is 12.2 Å². The molecule has 10 nitrogen and oxygen atoms in total. The zero-order valence-corrected chi connectivity index (χ0v) is 13.4. The highest BCUT2D eigenvalue weighted by Gasteiger charge is 2.50. The molecule has 0 aliphatic heterocycles. The second kappa shape index (κ2) is 8.15. The molecule has 1 aromatic carbocycles. The maximum absolute atomic E-state index is 11.8. The number of aliphatic carboxylic acids is 1. The molecule has 1 aliphatic carbocycles. The van der Waals surface area contributed by atoms with Crippen molar-refractivity contribution in [3.63, 3.8) is 0 Å². The van der Waals surface area contributed by atoms with Gasteiger partial charge >= 0.3 is 11.9 Å². The number of carbonyl (C=O) groups is 2. The molecule has 1 aromatic rings. The molecule has 144 valence electrons. The molecule has 2 rings (SSSR count). The molecule has 10 heteroatoms. The highest BCUT2D eigenvalue weighted by Crippen LogP contribution is 2.31. The first-order valence-electron chi connectivity index (χ1n) is 7.35. The van der Waals surface area contributed by atoms with E-state index in [9.17, 15) is 35.1 Å². The van der Waals surface area contributed by atoms with Crippen LogP contribution in [0.15, 0.2) is 24.3 Å². The lowest BCUT2D eigenvalue weighted by molar-refractivity contribution is -0.196. The van der Waals surface area contributed by atoms with Crippen molar-refractivity contribution in [3.8, 4) is 11.5 Å². The molecule has 0 radical (unpaired) electrons. The predicted molar refractivity (Wildman–Crippen MR) is 86.1 cm³/mol. The smallest absolute Gasteiger partial charge is 0.335 e. The van der Waals surface area contributed by atoms with Gasteiger partial charge < -0.3 is 40.9 Å². The van der Waals surface area contributed by atoms with Crippen LogP contribution in [0.1, 0.15) is 18.4 Å².